The van der Waals surface area contributed by atoms with Gasteiger partial charge in [-0.2, -0.15) is 0 Å². The monoisotopic (exact) mass is 280 g/mol. The lowest BCUT2D eigenvalue weighted by Crippen LogP contribution is -2.29. The van der Waals surface area contributed by atoms with Crippen LogP contribution in [-0.2, 0) is 0 Å². The highest BCUT2D eigenvalue weighted by Gasteiger charge is 2.14. The Kier molecular flexibility index (Phi) is 7.99. The van der Waals surface area contributed by atoms with E-state index in [1.54, 1.807) is 12.1 Å². The molecule has 0 heterocycles. The van der Waals surface area contributed by atoms with Gasteiger partial charge in [-0.1, -0.05) is 44.9 Å². The van der Waals surface area contributed by atoms with Crippen LogP contribution < -0.4 is 9.03 Å². The third-order valence-electron chi connectivity index (χ3n) is 3.14. The minimum absolute atomic E-state index is 0.488. The van der Waals surface area contributed by atoms with Crippen molar-refractivity contribution < 1.29 is 0 Å². The number of nitrogens with zero attached hydrogens (tertiary/aromatic N) is 1. The fourth-order valence-electron chi connectivity index (χ4n) is 2.03. The van der Waals surface area contributed by atoms with Crippen molar-refractivity contribution in [2.75, 3.05) is 10.8 Å². The molecule has 108 valence electrons. The average Bonchev–Trinajstić information content (AvgIpc) is 2.43. The molecule has 0 amide bonds. The minimum atomic E-state index is 0.488. The molecule has 3 heteroatoms. The molecule has 1 aromatic carbocycles. The molecular weight excluding hydrogens is 252 g/mol. The standard InChI is InChI=1S/C16H28N2S/c1-5-10-15(6-2)13-18(19-17-14(3)4)16-11-8-7-9-12-16/h7-9,11-12,14-15,17H,5-6,10,13H2,1-4H3/t15-/m0/s1. The Morgan fingerprint density at radius 2 is 1.84 bits per heavy atom. The van der Waals surface area contributed by atoms with Crippen LogP contribution in [0.25, 0.3) is 0 Å². The molecule has 0 unspecified atom stereocenters. The Labute approximate surface area is 123 Å². The predicted octanol–water partition coefficient (Wildman–Crippen LogP) is 4.88. The van der Waals surface area contributed by atoms with Gasteiger partial charge in [0.15, 0.2) is 0 Å². The zero-order chi connectivity index (χ0) is 14.1. The second-order valence-corrected chi connectivity index (χ2v) is 6.18. The van der Waals surface area contributed by atoms with Gasteiger partial charge in [0.25, 0.3) is 0 Å². The van der Waals surface area contributed by atoms with Crippen LogP contribution in [0, 0.1) is 5.92 Å². The molecule has 0 fully saturated rings. The van der Waals surface area contributed by atoms with Crippen molar-refractivity contribution in [3.05, 3.63) is 30.3 Å². The normalized spacial score (nSPS) is 12.7. The third kappa shape index (κ3) is 6.35. The van der Waals surface area contributed by atoms with Crippen LogP contribution >= 0.6 is 12.1 Å². The van der Waals surface area contributed by atoms with E-state index in [1.807, 2.05) is 0 Å². The summed E-state index contributed by atoms with van der Waals surface area (Å²) in [6.07, 6.45) is 3.82. The molecule has 1 rings (SSSR count). The molecule has 1 atom stereocenters. The van der Waals surface area contributed by atoms with E-state index < -0.39 is 0 Å². The Bertz CT molecular complexity index is 327. The van der Waals surface area contributed by atoms with Gasteiger partial charge in [-0.05, 0) is 38.3 Å². The van der Waals surface area contributed by atoms with Crippen LogP contribution in [0.3, 0.4) is 0 Å². The summed E-state index contributed by atoms with van der Waals surface area (Å²) in [7, 11) is 0. The summed E-state index contributed by atoms with van der Waals surface area (Å²) in [6, 6.07) is 11.2. The summed E-state index contributed by atoms with van der Waals surface area (Å²) in [4.78, 5) is 0. The molecule has 0 saturated heterocycles. The molecule has 0 spiro atoms. The highest BCUT2D eigenvalue weighted by atomic mass is 32.2. The number of benzene rings is 1. The molecule has 0 aromatic heterocycles. The molecule has 0 aliphatic heterocycles. The first-order valence-electron chi connectivity index (χ1n) is 7.42. The summed E-state index contributed by atoms with van der Waals surface area (Å²) < 4.78 is 5.85. The van der Waals surface area contributed by atoms with E-state index in [1.165, 1.54) is 24.9 Å². The quantitative estimate of drug-likeness (QED) is 0.649. The summed E-state index contributed by atoms with van der Waals surface area (Å²) in [5.74, 6) is 0.770. The van der Waals surface area contributed by atoms with Gasteiger partial charge in [-0.15, -0.1) is 0 Å². The highest BCUT2D eigenvalue weighted by molar-refractivity contribution is 7.98. The lowest BCUT2D eigenvalue weighted by molar-refractivity contribution is 0.478. The molecule has 0 radical (unpaired) electrons. The van der Waals surface area contributed by atoms with Crippen molar-refractivity contribution in [3.63, 3.8) is 0 Å². The number of rotatable bonds is 9. The molecule has 1 aromatic rings. The van der Waals surface area contributed by atoms with Crippen LogP contribution in [0.15, 0.2) is 30.3 Å². The van der Waals surface area contributed by atoms with Crippen molar-refractivity contribution in [2.45, 2.75) is 53.0 Å². The maximum Gasteiger partial charge on any atom is 0.0482 e. The first-order valence-corrected chi connectivity index (χ1v) is 8.19. The predicted molar refractivity (Wildman–Crippen MR) is 88.3 cm³/mol. The van der Waals surface area contributed by atoms with E-state index in [4.69, 9.17) is 0 Å². The van der Waals surface area contributed by atoms with Crippen LogP contribution in [0.5, 0.6) is 0 Å². The summed E-state index contributed by atoms with van der Waals surface area (Å²) >= 11 is 1.74. The molecular formula is C16H28N2S. The maximum absolute atomic E-state index is 3.46. The SMILES string of the molecule is CCC[C@H](CC)CN(SNC(C)C)c1ccccc1. The van der Waals surface area contributed by atoms with E-state index in [0.717, 1.165) is 12.5 Å². The first-order chi connectivity index (χ1) is 9.17. The third-order valence-corrected chi connectivity index (χ3v) is 4.30. The van der Waals surface area contributed by atoms with Gasteiger partial charge in [0.2, 0.25) is 0 Å². The number of hydrogen-bond acceptors (Lipinski definition) is 3. The Hall–Kier alpha value is -0.670. The summed E-state index contributed by atoms with van der Waals surface area (Å²) in [5.41, 5.74) is 1.29. The molecule has 19 heavy (non-hydrogen) atoms. The second-order valence-electron chi connectivity index (χ2n) is 5.32. The van der Waals surface area contributed by atoms with E-state index >= 15 is 0 Å². The second kappa shape index (κ2) is 9.27. The number of anilines is 1. The average molecular weight is 280 g/mol. The van der Waals surface area contributed by atoms with Gasteiger partial charge in [0.1, 0.15) is 0 Å². The number of nitrogens with one attached hydrogen (secondary N) is 1. The molecule has 0 aliphatic rings. The van der Waals surface area contributed by atoms with Crippen molar-refractivity contribution in [1.82, 2.24) is 4.72 Å². The Morgan fingerprint density at radius 3 is 2.37 bits per heavy atom. The van der Waals surface area contributed by atoms with E-state index in [2.05, 4.69) is 67.1 Å². The fourth-order valence-corrected chi connectivity index (χ4v) is 2.88. The molecule has 0 bridgehead atoms. The summed E-state index contributed by atoms with van der Waals surface area (Å²) in [6.45, 7) is 10.0. The van der Waals surface area contributed by atoms with Gasteiger partial charge in [-0.25, -0.2) is 4.72 Å². The van der Waals surface area contributed by atoms with Crippen molar-refractivity contribution >= 4 is 17.8 Å². The van der Waals surface area contributed by atoms with Crippen molar-refractivity contribution in [2.24, 2.45) is 5.92 Å². The number of para-hydroxylation sites is 1. The lowest BCUT2D eigenvalue weighted by Gasteiger charge is -2.28. The van der Waals surface area contributed by atoms with E-state index in [-0.39, 0.29) is 0 Å². The van der Waals surface area contributed by atoms with Crippen molar-refractivity contribution in [3.8, 4) is 0 Å². The largest absolute Gasteiger partial charge is 0.303 e. The Balaban J connectivity index is 2.68. The fraction of sp³-hybridized carbons (Fsp3) is 0.625. The van der Waals surface area contributed by atoms with Gasteiger partial charge in [-0.3, -0.25) is 0 Å². The molecule has 0 saturated carbocycles. The number of hydrogen-bond donors (Lipinski definition) is 1. The first kappa shape index (κ1) is 16.4. The summed E-state index contributed by atoms with van der Waals surface area (Å²) in [5, 5.41) is 0. The van der Waals surface area contributed by atoms with Crippen LogP contribution in [-0.4, -0.2) is 12.6 Å². The van der Waals surface area contributed by atoms with Crippen LogP contribution in [0.1, 0.15) is 47.0 Å². The Morgan fingerprint density at radius 1 is 1.16 bits per heavy atom. The smallest absolute Gasteiger partial charge is 0.0482 e. The van der Waals surface area contributed by atoms with Gasteiger partial charge in [0.05, 0.1) is 0 Å². The van der Waals surface area contributed by atoms with Crippen LogP contribution in [0.2, 0.25) is 0 Å². The van der Waals surface area contributed by atoms with E-state index in [9.17, 15) is 0 Å². The highest BCUT2D eigenvalue weighted by Crippen LogP contribution is 2.24. The molecule has 2 nitrogen and oxygen atoms in total. The minimum Gasteiger partial charge on any atom is -0.303 e. The molecule has 1 N–H and O–H groups in total. The van der Waals surface area contributed by atoms with Gasteiger partial charge >= 0.3 is 0 Å². The van der Waals surface area contributed by atoms with E-state index in [0.29, 0.717) is 6.04 Å². The lowest BCUT2D eigenvalue weighted by atomic mass is 10.0. The zero-order valence-corrected chi connectivity index (χ0v) is 13.5. The zero-order valence-electron chi connectivity index (χ0n) is 12.7. The maximum atomic E-state index is 3.46. The van der Waals surface area contributed by atoms with Crippen molar-refractivity contribution in [1.29, 1.82) is 0 Å². The topological polar surface area (TPSA) is 15.3 Å². The van der Waals surface area contributed by atoms with Gasteiger partial charge in [0, 0.05) is 30.4 Å². The molecule has 0 aliphatic carbocycles. The van der Waals surface area contributed by atoms with Gasteiger partial charge < -0.3 is 4.31 Å². The van der Waals surface area contributed by atoms with Crippen LogP contribution in [0.4, 0.5) is 5.69 Å².